The van der Waals surface area contributed by atoms with Crippen LogP contribution in [-0.4, -0.2) is 37.2 Å². The molecule has 0 saturated heterocycles. The lowest BCUT2D eigenvalue weighted by Gasteiger charge is -2.18. The highest BCUT2D eigenvalue weighted by Gasteiger charge is 2.19. The van der Waals surface area contributed by atoms with Crippen molar-refractivity contribution < 1.29 is 28.6 Å². The molecule has 0 aliphatic heterocycles. The van der Waals surface area contributed by atoms with E-state index in [2.05, 4.69) is 45.1 Å². The van der Waals surface area contributed by atoms with Gasteiger partial charge in [0.25, 0.3) is 0 Å². The summed E-state index contributed by atoms with van der Waals surface area (Å²) in [5.74, 6) is -0.863. The first-order valence-corrected chi connectivity index (χ1v) is 31.3. The molecule has 0 aromatic carbocycles. The van der Waals surface area contributed by atoms with Gasteiger partial charge in [0.15, 0.2) is 6.10 Å². The number of hydrogen-bond acceptors (Lipinski definition) is 6. The first kappa shape index (κ1) is 67.9. The Kier molecular flexibility index (Phi) is 57.7. The van der Waals surface area contributed by atoms with Gasteiger partial charge in [-0.15, -0.1) is 0 Å². The van der Waals surface area contributed by atoms with E-state index in [1.807, 2.05) is 0 Å². The van der Waals surface area contributed by atoms with E-state index in [1.54, 1.807) is 0 Å². The Bertz CT molecular complexity index is 1130. The van der Waals surface area contributed by atoms with Crippen molar-refractivity contribution in [1.29, 1.82) is 0 Å². The lowest BCUT2D eigenvalue weighted by atomic mass is 10.0. The molecule has 70 heavy (non-hydrogen) atoms. The normalized spacial score (nSPS) is 12.1. The molecule has 0 aromatic rings. The van der Waals surface area contributed by atoms with Gasteiger partial charge in [0.05, 0.1) is 0 Å². The molecular weight excluding hydrogens is 865 g/mol. The molecule has 0 N–H and O–H groups in total. The molecule has 1 unspecified atom stereocenters. The number of allylic oxidation sites excluding steroid dienone is 4. The third-order valence-corrected chi connectivity index (χ3v) is 14.2. The number of esters is 3. The average molecular weight is 986 g/mol. The molecule has 0 amide bonds. The number of unbranched alkanes of at least 4 members (excludes halogenated alkanes) is 43. The quantitative estimate of drug-likeness (QED) is 0.0261. The van der Waals surface area contributed by atoms with Crippen molar-refractivity contribution in [1.82, 2.24) is 0 Å². The van der Waals surface area contributed by atoms with Gasteiger partial charge in [0.1, 0.15) is 13.2 Å². The van der Waals surface area contributed by atoms with Crippen LogP contribution in [0.5, 0.6) is 0 Å². The summed E-state index contributed by atoms with van der Waals surface area (Å²) < 4.78 is 16.8. The summed E-state index contributed by atoms with van der Waals surface area (Å²) >= 11 is 0. The third-order valence-electron chi connectivity index (χ3n) is 14.2. The van der Waals surface area contributed by atoms with Crippen molar-refractivity contribution in [2.45, 2.75) is 354 Å². The van der Waals surface area contributed by atoms with Gasteiger partial charge in [0, 0.05) is 19.3 Å². The molecule has 0 radical (unpaired) electrons. The fourth-order valence-electron chi connectivity index (χ4n) is 9.48. The maximum Gasteiger partial charge on any atom is 0.306 e. The Morgan fingerprint density at radius 1 is 0.286 bits per heavy atom. The number of carbonyl (C=O) groups is 3. The van der Waals surface area contributed by atoms with E-state index in [0.717, 1.165) is 70.6 Å². The molecule has 0 fully saturated rings. The second-order valence-corrected chi connectivity index (χ2v) is 21.3. The van der Waals surface area contributed by atoms with Crippen LogP contribution in [0, 0.1) is 0 Å². The second kappa shape index (κ2) is 59.5. The first-order valence-electron chi connectivity index (χ1n) is 31.3. The van der Waals surface area contributed by atoms with Crippen molar-refractivity contribution in [3.05, 3.63) is 24.3 Å². The van der Waals surface area contributed by atoms with Crippen LogP contribution in [0.3, 0.4) is 0 Å². The molecule has 0 aromatic heterocycles. The van der Waals surface area contributed by atoms with Gasteiger partial charge in [-0.3, -0.25) is 14.4 Å². The SMILES string of the molecule is CCCCCC/C=C\C/C=C\CCCCCCCCCC(=O)OC(COC(=O)CCCCCCCCC)COC(=O)CCCCCCCCCCCCCCCCCCCCCCCCCCCCC. The van der Waals surface area contributed by atoms with E-state index < -0.39 is 6.10 Å². The summed E-state index contributed by atoms with van der Waals surface area (Å²) in [4.78, 5) is 38.0. The summed E-state index contributed by atoms with van der Waals surface area (Å²) in [5.41, 5.74) is 0. The predicted octanol–water partition coefficient (Wildman–Crippen LogP) is 21.1. The third kappa shape index (κ3) is 56.8. The molecule has 412 valence electrons. The van der Waals surface area contributed by atoms with Gasteiger partial charge in [-0.2, -0.15) is 0 Å². The fourth-order valence-corrected chi connectivity index (χ4v) is 9.48. The molecule has 0 spiro atoms. The van der Waals surface area contributed by atoms with Crippen LogP contribution in [-0.2, 0) is 28.6 Å². The summed E-state index contributed by atoms with van der Waals surface area (Å²) in [6, 6.07) is 0. The van der Waals surface area contributed by atoms with Crippen LogP contribution in [0.4, 0.5) is 0 Å². The van der Waals surface area contributed by atoms with Crippen LogP contribution in [0.1, 0.15) is 348 Å². The maximum absolute atomic E-state index is 12.8. The van der Waals surface area contributed by atoms with Crippen LogP contribution < -0.4 is 0 Å². The minimum Gasteiger partial charge on any atom is -0.462 e. The Labute approximate surface area is 436 Å². The average Bonchev–Trinajstić information content (AvgIpc) is 3.36. The Morgan fingerprint density at radius 2 is 0.514 bits per heavy atom. The minimum atomic E-state index is -0.770. The zero-order chi connectivity index (χ0) is 50.7. The van der Waals surface area contributed by atoms with Crippen molar-refractivity contribution in [2.75, 3.05) is 13.2 Å². The zero-order valence-electron chi connectivity index (χ0n) is 47.3. The monoisotopic (exact) mass is 985 g/mol. The summed E-state index contributed by atoms with van der Waals surface area (Å²) in [7, 11) is 0. The topological polar surface area (TPSA) is 78.9 Å². The number of ether oxygens (including phenoxy) is 3. The maximum atomic E-state index is 12.8. The Hall–Kier alpha value is -2.11. The molecule has 0 rings (SSSR count). The molecule has 1 atom stereocenters. The molecule has 0 aliphatic rings. The van der Waals surface area contributed by atoms with E-state index in [1.165, 1.54) is 238 Å². The Morgan fingerprint density at radius 3 is 0.800 bits per heavy atom. The summed E-state index contributed by atoms with van der Waals surface area (Å²) in [5, 5.41) is 0. The molecule has 0 saturated carbocycles. The van der Waals surface area contributed by atoms with Crippen molar-refractivity contribution in [2.24, 2.45) is 0 Å². The molecule has 0 heterocycles. The molecular formula is C64H120O6. The van der Waals surface area contributed by atoms with E-state index in [0.29, 0.717) is 19.3 Å². The molecule has 0 aliphatic carbocycles. The molecule has 0 bridgehead atoms. The smallest absolute Gasteiger partial charge is 0.306 e. The Balaban J connectivity index is 4.05. The lowest BCUT2D eigenvalue weighted by molar-refractivity contribution is -0.167. The number of rotatable bonds is 58. The van der Waals surface area contributed by atoms with Gasteiger partial charge in [-0.05, 0) is 51.4 Å². The van der Waals surface area contributed by atoms with Crippen LogP contribution in [0.25, 0.3) is 0 Å². The summed E-state index contributed by atoms with van der Waals surface area (Å²) in [6.45, 7) is 6.63. The highest BCUT2D eigenvalue weighted by molar-refractivity contribution is 5.71. The van der Waals surface area contributed by atoms with Crippen LogP contribution in [0.2, 0.25) is 0 Å². The lowest BCUT2D eigenvalue weighted by Crippen LogP contribution is -2.30. The van der Waals surface area contributed by atoms with Gasteiger partial charge in [-0.1, -0.05) is 302 Å². The van der Waals surface area contributed by atoms with Gasteiger partial charge >= 0.3 is 17.9 Å². The first-order chi connectivity index (χ1) is 34.5. The van der Waals surface area contributed by atoms with Crippen molar-refractivity contribution in [3.63, 3.8) is 0 Å². The highest BCUT2D eigenvalue weighted by Crippen LogP contribution is 2.18. The van der Waals surface area contributed by atoms with Gasteiger partial charge in [0.2, 0.25) is 0 Å². The van der Waals surface area contributed by atoms with E-state index in [4.69, 9.17) is 14.2 Å². The second-order valence-electron chi connectivity index (χ2n) is 21.3. The zero-order valence-corrected chi connectivity index (χ0v) is 47.3. The molecule has 6 nitrogen and oxygen atoms in total. The van der Waals surface area contributed by atoms with Crippen LogP contribution >= 0.6 is 0 Å². The van der Waals surface area contributed by atoms with E-state index in [9.17, 15) is 14.4 Å². The standard InChI is InChI=1S/C64H120O6/c1-4-7-10-13-16-18-20-22-24-26-28-29-30-31-32-33-34-35-36-38-39-41-43-45-48-51-54-57-63(66)69-60-61(59-68-62(65)56-53-50-47-15-12-9-6-3)70-64(67)58-55-52-49-46-44-42-40-37-27-25-23-21-19-17-14-11-8-5-2/h19,21,25,27,61H,4-18,20,22-24,26,28-60H2,1-3H3/b21-19-,27-25-. The summed E-state index contributed by atoms with van der Waals surface area (Å²) in [6.07, 6.45) is 70.7. The minimum absolute atomic E-state index is 0.0696. The van der Waals surface area contributed by atoms with Crippen molar-refractivity contribution in [3.8, 4) is 0 Å². The fraction of sp³-hybridized carbons (Fsp3) is 0.891. The van der Waals surface area contributed by atoms with E-state index in [-0.39, 0.29) is 31.1 Å². The number of hydrogen-bond donors (Lipinski definition) is 0. The largest absolute Gasteiger partial charge is 0.462 e. The predicted molar refractivity (Wildman–Crippen MR) is 303 cm³/mol. The number of carbonyl (C=O) groups excluding carboxylic acids is 3. The molecule has 6 heteroatoms. The van der Waals surface area contributed by atoms with Crippen LogP contribution in [0.15, 0.2) is 24.3 Å². The highest BCUT2D eigenvalue weighted by atomic mass is 16.6. The van der Waals surface area contributed by atoms with E-state index >= 15 is 0 Å². The van der Waals surface area contributed by atoms with Gasteiger partial charge in [-0.25, -0.2) is 0 Å². The van der Waals surface area contributed by atoms with Crippen molar-refractivity contribution >= 4 is 17.9 Å². The van der Waals surface area contributed by atoms with Gasteiger partial charge < -0.3 is 14.2 Å².